The first-order valence-corrected chi connectivity index (χ1v) is 5.87. The van der Waals surface area contributed by atoms with E-state index in [1.807, 2.05) is 0 Å². The minimum atomic E-state index is 0.0829. The molecule has 0 aliphatic carbocycles. The number of amides is 1. The smallest absolute Gasteiger partial charge is 0.287 e. The van der Waals surface area contributed by atoms with Crippen LogP contribution in [0.1, 0.15) is 32.6 Å². The first kappa shape index (κ1) is 11.9. The lowest BCUT2D eigenvalue weighted by Crippen LogP contribution is -2.55. The van der Waals surface area contributed by atoms with Crippen molar-refractivity contribution in [3.8, 4) is 0 Å². The Hall–Kier alpha value is -0.220. The van der Waals surface area contributed by atoms with E-state index in [0.29, 0.717) is 0 Å². The minimum absolute atomic E-state index is 0.0829. The quantitative estimate of drug-likeness (QED) is 0.540. The van der Waals surface area contributed by atoms with E-state index in [1.54, 1.807) is 0 Å². The van der Waals surface area contributed by atoms with Gasteiger partial charge in [0.25, 0.3) is 5.91 Å². The molecule has 4 heteroatoms. The summed E-state index contributed by atoms with van der Waals surface area (Å²) in [6, 6.07) is 0.0972. The molecule has 0 spiro atoms. The number of nitrogens with zero attached hydrogens (tertiary/aromatic N) is 1. The largest absolute Gasteiger partial charge is 0.316 e. The van der Waals surface area contributed by atoms with E-state index in [0.717, 1.165) is 30.4 Å². The third-order valence-electron chi connectivity index (χ3n) is 3.32. The molecule has 3 nitrogen and oxygen atoms in total. The number of likely N-dealkylation sites (N-methyl/N-ethyl adjacent to an activating group) is 1. The lowest BCUT2D eigenvalue weighted by Gasteiger charge is -2.36. The van der Waals surface area contributed by atoms with E-state index in [2.05, 4.69) is 31.5 Å². The van der Waals surface area contributed by atoms with Crippen LogP contribution in [0.4, 0.5) is 0 Å². The third-order valence-corrected chi connectivity index (χ3v) is 3.54. The van der Waals surface area contributed by atoms with Gasteiger partial charge in [-0.2, -0.15) is 0 Å². The van der Waals surface area contributed by atoms with E-state index in [1.165, 1.54) is 12.8 Å². The molecule has 82 valence electrons. The Balaban J connectivity index is 2.69. The van der Waals surface area contributed by atoms with Gasteiger partial charge in [0.15, 0.2) is 6.04 Å². The highest BCUT2D eigenvalue weighted by Gasteiger charge is 2.39. The summed E-state index contributed by atoms with van der Waals surface area (Å²) in [5.41, 5.74) is 0. The molecular weight excluding hydrogens is 196 g/mol. The van der Waals surface area contributed by atoms with Gasteiger partial charge in [0.1, 0.15) is 0 Å². The zero-order valence-corrected chi connectivity index (χ0v) is 10.0. The van der Waals surface area contributed by atoms with E-state index in [-0.39, 0.29) is 11.9 Å². The van der Waals surface area contributed by atoms with E-state index in [4.69, 9.17) is 0 Å². The average molecular weight is 217 g/mol. The fourth-order valence-corrected chi connectivity index (χ4v) is 2.59. The summed E-state index contributed by atoms with van der Waals surface area (Å²) in [7, 11) is 2.19. The van der Waals surface area contributed by atoms with Crippen molar-refractivity contribution in [3.63, 3.8) is 0 Å². The zero-order valence-electron chi connectivity index (χ0n) is 9.12. The summed E-state index contributed by atoms with van der Waals surface area (Å²) >= 11 is 3.87. The Morgan fingerprint density at radius 2 is 2.07 bits per heavy atom. The molecule has 1 unspecified atom stereocenters. The Morgan fingerprint density at radius 1 is 1.50 bits per heavy atom. The fraction of sp³-hybridized carbons (Fsp3) is 0.900. The van der Waals surface area contributed by atoms with Gasteiger partial charge >= 0.3 is 0 Å². The number of nitrogens with one attached hydrogen (secondary N) is 1. The Labute approximate surface area is 92.0 Å². The van der Waals surface area contributed by atoms with Gasteiger partial charge in [-0.1, -0.05) is 19.7 Å². The highest BCUT2D eigenvalue weighted by atomic mass is 32.1. The van der Waals surface area contributed by atoms with Crippen molar-refractivity contribution in [3.05, 3.63) is 0 Å². The number of quaternary nitrogens is 1. The molecule has 1 amide bonds. The second-order valence-corrected chi connectivity index (χ2v) is 4.64. The van der Waals surface area contributed by atoms with Crippen molar-refractivity contribution < 1.29 is 9.28 Å². The molecule has 14 heavy (non-hydrogen) atoms. The molecule has 1 heterocycles. The molecule has 1 rings (SSSR count). The second kappa shape index (κ2) is 5.03. The number of carbonyl (C=O) groups is 1. The van der Waals surface area contributed by atoms with Crippen molar-refractivity contribution in [2.75, 3.05) is 20.1 Å². The standard InChI is InChI=1S/C10H20N2OS/c1-3-6-9(10(13)11-14)12(2)7-4-5-8-12/h9H,3-8H2,1-2H3,(H-,11,13,14)/p+1. The van der Waals surface area contributed by atoms with Crippen LogP contribution >= 0.6 is 12.8 Å². The maximum atomic E-state index is 11.7. The summed E-state index contributed by atoms with van der Waals surface area (Å²) in [5, 5.41) is 0. The Bertz CT molecular complexity index is 202. The molecule has 1 aliphatic rings. The van der Waals surface area contributed by atoms with Crippen LogP contribution in [0.15, 0.2) is 0 Å². The van der Waals surface area contributed by atoms with Gasteiger partial charge in [-0.05, 0) is 6.42 Å². The number of carbonyl (C=O) groups excluding carboxylic acids is 1. The number of likely N-dealkylation sites (tertiary alicyclic amines) is 1. The van der Waals surface area contributed by atoms with Crippen LogP contribution < -0.4 is 4.72 Å². The molecule has 1 fully saturated rings. The van der Waals surface area contributed by atoms with Crippen molar-refractivity contribution in [2.45, 2.75) is 38.6 Å². The summed E-state index contributed by atoms with van der Waals surface area (Å²) in [6.07, 6.45) is 4.51. The highest BCUT2D eigenvalue weighted by Crippen LogP contribution is 2.23. The fourth-order valence-electron chi connectivity index (χ4n) is 2.44. The predicted molar refractivity (Wildman–Crippen MR) is 61.0 cm³/mol. The van der Waals surface area contributed by atoms with Crippen LogP contribution in [0.25, 0.3) is 0 Å². The normalized spacial score (nSPS) is 21.9. The maximum Gasteiger partial charge on any atom is 0.287 e. The number of thiol groups is 1. The van der Waals surface area contributed by atoms with Crippen LogP contribution in [0, 0.1) is 0 Å². The topological polar surface area (TPSA) is 29.1 Å². The van der Waals surface area contributed by atoms with Crippen molar-refractivity contribution in [2.24, 2.45) is 0 Å². The number of rotatable bonds is 4. The van der Waals surface area contributed by atoms with Crippen molar-refractivity contribution >= 4 is 18.7 Å². The molecule has 0 bridgehead atoms. The molecule has 1 atom stereocenters. The van der Waals surface area contributed by atoms with E-state index in [9.17, 15) is 4.79 Å². The van der Waals surface area contributed by atoms with Crippen LogP contribution in [0.3, 0.4) is 0 Å². The van der Waals surface area contributed by atoms with Gasteiger partial charge in [0, 0.05) is 19.3 Å². The summed E-state index contributed by atoms with van der Waals surface area (Å²) in [5.74, 6) is 0.0829. The predicted octanol–water partition coefficient (Wildman–Crippen LogP) is 1.36. The molecule has 0 aromatic rings. The molecule has 0 aromatic heterocycles. The first-order valence-electron chi connectivity index (χ1n) is 5.42. The van der Waals surface area contributed by atoms with E-state index < -0.39 is 0 Å². The molecule has 1 aliphatic heterocycles. The van der Waals surface area contributed by atoms with Crippen LogP contribution in [0.5, 0.6) is 0 Å². The van der Waals surface area contributed by atoms with E-state index >= 15 is 0 Å². The zero-order chi connectivity index (χ0) is 10.6. The molecule has 0 saturated carbocycles. The average Bonchev–Trinajstić information content (AvgIpc) is 2.61. The maximum absolute atomic E-state index is 11.7. The van der Waals surface area contributed by atoms with Gasteiger partial charge in [-0.25, -0.2) is 0 Å². The SMILES string of the molecule is CCCC(C(=O)NS)[N+]1(C)CCCC1. The third kappa shape index (κ3) is 2.42. The van der Waals surface area contributed by atoms with Crippen LogP contribution in [-0.4, -0.2) is 36.6 Å². The van der Waals surface area contributed by atoms with Gasteiger partial charge in [-0.15, -0.1) is 0 Å². The Morgan fingerprint density at radius 3 is 2.50 bits per heavy atom. The first-order chi connectivity index (χ1) is 6.64. The minimum Gasteiger partial charge on any atom is -0.316 e. The molecule has 1 N–H and O–H groups in total. The van der Waals surface area contributed by atoms with Gasteiger partial charge in [-0.3, -0.25) is 9.52 Å². The van der Waals surface area contributed by atoms with Crippen molar-refractivity contribution in [1.29, 1.82) is 0 Å². The summed E-state index contributed by atoms with van der Waals surface area (Å²) in [4.78, 5) is 11.7. The monoisotopic (exact) mass is 217 g/mol. The summed E-state index contributed by atoms with van der Waals surface area (Å²) < 4.78 is 3.39. The van der Waals surface area contributed by atoms with Crippen LogP contribution in [0.2, 0.25) is 0 Å². The van der Waals surface area contributed by atoms with Crippen molar-refractivity contribution in [1.82, 2.24) is 4.72 Å². The number of hydrogen-bond acceptors (Lipinski definition) is 2. The van der Waals surface area contributed by atoms with Gasteiger partial charge in [0.2, 0.25) is 0 Å². The van der Waals surface area contributed by atoms with Gasteiger partial charge < -0.3 is 4.48 Å². The van der Waals surface area contributed by atoms with Gasteiger partial charge in [0.05, 0.1) is 20.1 Å². The lowest BCUT2D eigenvalue weighted by molar-refractivity contribution is -0.913. The second-order valence-electron chi connectivity index (χ2n) is 4.41. The lowest BCUT2D eigenvalue weighted by atomic mass is 10.1. The molecule has 0 aromatic carbocycles. The molecule has 0 radical (unpaired) electrons. The van der Waals surface area contributed by atoms with Crippen LogP contribution in [-0.2, 0) is 4.79 Å². The molecule has 1 saturated heterocycles. The Kier molecular flexibility index (Phi) is 4.26. The number of hydrogen-bond donors (Lipinski definition) is 2. The summed E-state index contributed by atoms with van der Waals surface area (Å²) in [6.45, 7) is 4.39. The highest BCUT2D eigenvalue weighted by molar-refractivity contribution is 7.78. The molecular formula is C10H21N2OS+.